The van der Waals surface area contributed by atoms with E-state index >= 15 is 0 Å². The first-order chi connectivity index (χ1) is 30.0. The van der Waals surface area contributed by atoms with Gasteiger partial charge in [-0.15, -0.1) is 23.5 Å². The second-order valence-corrected chi connectivity index (χ2v) is 15.9. The highest BCUT2D eigenvalue weighted by Crippen LogP contribution is 2.25. The zero-order valence-electron chi connectivity index (χ0n) is 34.5. The summed E-state index contributed by atoms with van der Waals surface area (Å²) in [6.45, 7) is 10.8. The van der Waals surface area contributed by atoms with Gasteiger partial charge < -0.3 is 39.1 Å². The molecule has 16 heteroatoms. The van der Waals surface area contributed by atoms with Crippen LogP contribution in [-0.2, 0) is 35.0 Å². The van der Waals surface area contributed by atoms with Gasteiger partial charge >= 0.3 is 24.1 Å². The van der Waals surface area contributed by atoms with Crippen LogP contribution in [0, 0.1) is 0 Å². The maximum Gasteiger partial charge on any atom is 0.407 e. The number of aryl methyl sites for hydroxylation is 1. The lowest BCUT2D eigenvalue weighted by molar-refractivity contribution is -0.139. The Morgan fingerprint density at radius 3 is 1.89 bits per heavy atom. The molecule has 0 aliphatic carbocycles. The highest BCUT2D eigenvalue weighted by Gasteiger charge is 2.18. The van der Waals surface area contributed by atoms with Crippen LogP contribution < -0.4 is 20.1 Å². The fraction of sp³-hybridized carbons (Fsp3) is 0.283. The summed E-state index contributed by atoms with van der Waals surface area (Å²) < 4.78 is 33.5. The number of benzene rings is 4. The smallest absolute Gasteiger partial charge is 0.407 e. The largest absolute Gasteiger partial charge is 0.490 e. The summed E-state index contributed by atoms with van der Waals surface area (Å²) >= 11 is 8.95. The maximum absolute atomic E-state index is 12.7. The Labute approximate surface area is 375 Å². The van der Waals surface area contributed by atoms with Crippen molar-refractivity contribution in [1.29, 1.82) is 0 Å². The molecule has 0 bridgehead atoms. The number of amides is 2. The predicted octanol–water partition coefficient (Wildman–Crippen LogP) is 9.14. The van der Waals surface area contributed by atoms with Crippen LogP contribution >= 0.6 is 35.1 Å². The Morgan fingerprint density at radius 1 is 0.758 bits per heavy atom. The number of esters is 2. The van der Waals surface area contributed by atoms with E-state index < -0.39 is 36.3 Å². The second kappa shape index (κ2) is 27.1. The van der Waals surface area contributed by atoms with Crippen LogP contribution in [0.2, 0.25) is 5.02 Å². The minimum Gasteiger partial charge on any atom is -0.490 e. The van der Waals surface area contributed by atoms with Gasteiger partial charge in [-0.2, -0.15) is 0 Å². The molecule has 0 radical (unpaired) electrons. The van der Waals surface area contributed by atoms with Gasteiger partial charge in [-0.3, -0.25) is 4.99 Å². The number of nitrogens with zero attached hydrogens (tertiary/aromatic N) is 1. The molecule has 2 unspecified atom stereocenters. The molecule has 62 heavy (non-hydrogen) atoms. The highest BCUT2D eigenvalue weighted by molar-refractivity contribution is 7.99. The van der Waals surface area contributed by atoms with Crippen LogP contribution in [0.1, 0.15) is 25.0 Å². The molecule has 0 heterocycles. The third-order valence-corrected chi connectivity index (χ3v) is 10.8. The summed E-state index contributed by atoms with van der Waals surface area (Å²) in [6, 6.07) is 29.5. The normalized spacial score (nSPS) is 11.7. The van der Waals surface area contributed by atoms with E-state index in [4.69, 9.17) is 40.0 Å². The van der Waals surface area contributed by atoms with Crippen molar-refractivity contribution in [3.05, 3.63) is 131 Å². The Bertz CT molecular complexity index is 2100. The number of carbonyl (C=O) groups is 4. The van der Waals surface area contributed by atoms with Crippen molar-refractivity contribution in [2.45, 2.75) is 42.3 Å². The topological polar surface area (TPSA) is 160 Å². The molecule has 2 atom stereocenters. The summed E-state index contributed by atoms with van der Waals surface area (Å²) in [4.78, 5) is 55.2. The molecule has 0 aliphatic heterocycles. The molecular weight excluding hydrogens is 854 g/mol. The van der Waals surface area contributed by atoms with Crippen LogP contribution in [0.4, 0.5) is 15.3 Å². The zero-order valence-corrected chi connectivity index (χ0v) is 36.9. The predicted molar refractivity (Wildman–Crippen MR) is 244 cm³/mol. The van der Waals surface area contributed by atoms with Crippen molar-refractivity contribution in [2.24, 2.45) is 4.99 Å². The van der Waals surface area contributed by atoms with Crippen molar-refractivity contribution in [3.63, 3.8) is 0 Å². The molecule has 4 aromatic rings. The average molecular weight is 905 g/mol. The first kappa shape index (κ1) is 48.8. The molecule has 4 aromatic carbocycles. The Morgan fingerprint density at radius 2 is 1.32 bits per heavy atom. The SMILES string of the molecule is C=Nc1ccc(OCC(CSc2cccc(/C=C/C(=O)OCCNC(=O)OC(COc3ccc(CC)cc3)CSc3ccc(Cl)cc3)c2)OC(=O)NCCOC(=O)C(=C)C)cc1. The minimum atomic E-state index is -0.702. The van der Waals surface area contributed by atoms with E-state index in [1.807, 2.05) is 60.7 Å². The van der Waals surface area contributed by atoms with Crippen LogP contribution in [0.15, 0.2) is 130 Å². The fourth-order valence-electron chi connectivity index (χ4n) is 5.02. The Hall–Kier alpha value is -5.90. The molecule has 0 spiro atoms. The molecule has 2 amide bonds. The van der Waals surface area contributed by atoms with Crippen molar-refractivity contribution in [3.8, 4) is 11.5 Å². The summed E-state index contributed by atoms with van der Waals surface area (Å²) in [6.07, 6.45) is 1.19. The van der Waals surface area contributed by atoms with Gasteiger partial charge in [0.2, 0.25) is 0 Å². The number of carbonyl (C=O) groups excluding carboxylic acids is 4. The molecule has 4 rings (SSSR count). The van der Waals surface area contributed by atoms with Crippen LogP contribution in [0.5, 0.6) is 11.5 Å². The summed E-state index contributed by atoms with van der Waals surface area (Å²) in [5, 5.41) is 5.83. The number of aliphatic imine (C=N–C) groups is 1. The number of ether oxygens (including phenoxy) is 6. The average Bonchev–Trinajstić information content (AvgIpc) is 3.28. The number of alkyl carbamates (subject to hydrolysis) is 2. The van der Waals surface area contributed by atoms with Gasteiger partial charge in [-0.1, -0.05) is 49.4 Å². The van der Waals surface area contributed by atoms with Gasteiger partial charge in [-0.25, -0.2) is 19.2 Å². The van der Waals surface area contributed by atoms with Crippen molar-refractivity contribution < 1.29 is 47.6 Å². The number of hydrogen-bond donors (Lipinski definition) is 2. The quantitative estimate of drug-likeness (QED) is 0.0162. The molecule has 0 saturated heterocycles. The monoisotopic (exact) mass is 903 g/mol. The lowest BCUT2D eigenvalue weighted by atomic mass is 10.2. The third-order valence-electron chi connectivity index (χ3n) is 8.29. The summed E-state index contributed by atoms with van der Waals surface area (Å²) in [7, 11) is 0. The highest BCUT2D eigenvalue weighted by atomic mass is 35.5. The number of nitrogens with one attached hydrogen (secondary N) is 2. The van der Waals surface area contributed by atoms with E-state index in [0.29, 0.717) is 33.7 Å². The van der Waals surface area contributed by atoms with Gasteiger partial charge in [0, 0.05) is 38.0 Å². The number of halogens is 1. The van der Waals surface area contributed by atoms with Gasteiger partial charge in [0.25, 0.3) is 0 Å². The zero-order chi connectivity index (χ0) is 44.5. The molecular formula is C46H50ClN3O10S2. The van der Waals surface area contributed by atoms with Gasteiger partial charge in [0.05, 0.1) is 18.8 Å². The molecule has 0 aliphatic rings. The van der Waals surface area contributed by atoms with Crippen LogP contribution in [0.3, 0.4) is 0 Å². The van der Waals surface area contributed by atoms with Crippen LogP contribution in [0.25, 0.3) is 6.08 Å². The third kappa shape index (κ3) is 19.2. The van der Waals surface area contributed by atoms with E-state index in [9.17, 15) is 19.2 Å². The second-order valence-electron chi connectivity index (χ2n) is 13.2. The molecule has 2 N–H and O–H groups in total. The number of hydrogen-bond acceptors (Lipinski definition) is 13. The first-order valence-corrected chi connectivity index (χ1v) is 21.9. The molecule has 328 valence electrons. The van der Waals surface area contributed by atoms with Crippen molar-refractivity contribution >= 4 is 77.7 Å². The standard InChI is InChI=1S/C46H50ClN3O10S2/c1-5-33-9-16-37(17-10-33)57-28-39(30-61-41-20-12-35(47)13-21-41)59-45(53)49-23-25-55-43(51)22-11-34-7-6-8-42(27-34)62-31-40(29-58-38-18-14-36(48-4)15-19-38)60-46(54)50-24-26-56-44(52)32(2)3/h6-22,27,39-40H,2,4-5,23-26,28-31H2,1,3H3,(H,49,53)(H,50,54)/b22-11+. The molecule has 13 nitrogen and oxygen atoms in total. The number of thioether (sulfide) groups is 2. The lowest BCUT2D eigenvalue weighted by Crippen LogP contribution is -2.35. The van der Waals surface area contributed by atoms with Crippen molar-refractivity contribution in [2.75, 3.05) is 51.0 Å². The molecule has 0 aromatic heterocycles. The van der Waals surface area contributed by atoms with Gasteiger partial charge in [0.15, 0.2) is 0 Å². The van der Waals surface area contributed by atoms with Gasteiger partial charge in [-0.05, 0) is 110 Å². The maximum atomic E-state index is 12.7. The molecule has 0 saturated carbocycles. The number of rotatable bonds is 25. The molecule has 0 fully saturated rings. The van der Waals surface area contributed by atoms with Crippen molar-refractivity contribution in [1.82, 2.24) is 10.6 Å². The van der Waals surface area contributed by atoms with E-state index in [2.05, 4.69) is 35.8 Å². The Kier molecular flexibility index (Phi) is 21.3. The fourth-order valence-corrected chi connectivity index (χ4v) is 6.95. The van der Waals surface area contributed by atoms with Gasteiger partial charge in [0.1, 0.15) is 50.1 Å². The first-order valence-electron chi connectivity index (χ1n) is 19.6. The minimum absolute atomic E-state index is 0.0334. The van der Waals surface area contributed by atoms with Crippen LogP contribution in [-0.4, -0.2) is 94.1 Å². The Balaban J connectivity index is 1.23. The van der Waals surface area contributed by atoms with E-state index in [-0.39, 0.29) is 45.1 Å². The van der Waals surface area contributed by atoms with E-state index in [1.54, 1.807) is 42.5 Å². The summed E-state index contributed by atoms with van der Waals surface area (Å²) in [5.74, 6) is 0.843. The van der Waals surface area contributed by atoms with E-state index in [1.165, 1.54) is 42.1 Å². The summed E-state index contributed by atoms with van der Waals surface area (Å²) in [5.41, 5.74) is 2.86. The van der Waals surface area contributed by atoms with E-state index in [0.717, 1.165) is 21.8 Å². The lowest BCUT2D eigenvalue weighted by Gasteiger charge is -2.19.